The molecule has 164 valence electrons. The molecule has 2 aromatic carbocycles. The number of amides is 1. The number of carbonyl (C=O) groups is 2. The number of carbonyl (C=O) groups excluding carboxylic acids is 2. The lowest BCUT2D eigenvalue weighted by molar-refractivity contribution is -0.139. The second-order valence-electron chi connectivity index (χ2n) is 7.43. The smallest absolute Gasteiger partial charge is 0.295 e. The van der Waals surface area contributed by atoms with Crippen molar-refractivity contribution < 1.29 is 19.4 Å². The zero-order valence-electron chi connectivity index (χ0n) is 17.4. The van der Waals surface area contributed by atoms with Crippen LogP contribution in [0.5, 0.6) is 5.75 Å². The number of likely N-dealkylation sites (tertiary alicyclic amines) is 1. The fourth-order valence-electron chi connectivity index (χ4n) is 3.87. The van der Waals surface area contributed by atoms with E-state index in [1.54, 1.807) is 41.7 Å². The summed E-state index contributed by atoms with van der Waals surface area (Å²) in [6.45, 7) is 1.03. The van der Waals surface area contributed by atoms with E-state index >= 15 is 0 Å². The number of aliphatic hydroxyl groups is 1. The Morgan fingerprint density at radius 1 is 1.16 bits per heavy atom. The summed E-state index contributed by atoms with van der Waals surface area (Å²) in [6.07, 6.45) is 5.91. The van der Waals surface area contributed by atoms with E-state index in [4.69, 9.17) is 4.74 Å². The molecule has 3 aromatic rings. The molecule has 1 amide bonds. The molecule has 8 heteroatoms. The van der Waals surface area contributed by atoms with Crippen molar-refractivity contribution >= 4 is 40.0 Å². The lowest BCUT2D eigenvalue weighted by Gasteiger charge is -2.25. The van der Waals surface area contributed by atoms with Gasteiger partial charge in [-0.05, 0) is 58.8 Å². The van der Waals surface area contributed by atoms with Gasteiger partial charge in [0.05, 0.1) is 25.1 Å². The molecule has 1 unspecified atom stereocenters. The molecule has 1 aliphatic heterocycles. The van der Waals surface area contributed by atoms with Crippen LogP contribution in [-0.2, 0) is 16.1 Å². The van der Waals surface area contributed by atoms with Gasteiger partial charge in [0.1, 0.15) is 11.5 Å². The number of benzene rings is 2. The van der Waals surface area contributed by atoms with Crippen molar-refractivity contribution in [2.24, 2.45) is 0 Å². The predicted molar refractivity (Wildman–Crippen MR) is 128 cm³/mol. The number of methoxy groups -OCH3 is 1. The van der Waals surface area contributed by atoms with Gasteiger partial charge in [-0.15, -0.1) is 0 Å². The maximum Gasteiger partial charge on any atom is 0.295 e. The van der Waals surface area contributed by atoms with Gasteiger partial charge in [-0.1, -0.05) is 24.3 Å². The Hall–Kier alpha value is -3.14. The number of halogens is 1. The van der Waals surface area contributed by atoms with Gasteiger partial charge < -0.3 is 19.3 Å². The van der Waals surface area contributed by atoms with E-state index < -0.39 is 17.7 Å². The summed E-state index contributed by atoms with van der Waals surface area (Å²) < 4.78 is 8.21. The normalized spacial score (nSPS) is 17.7. The van der Waals surface area contributed by atoms with Gasteiger partial charge in [-0.2, -0.15) is 0 Å². The molecule has 7 nitrogen and oxygen atoms in total. The van der Waals surface area contributed by atoms with E-state index in [0.717, 1.165) is 9.13 Å². The third-order valence-corrected chi connectivity index (χ3v) is 6.16. The Morgan fingerprint density at radius 3 is 2.62 bits per heavy atom. The van der Waals surface area contributed by atoms with Crippen LogP contribution >= 0.6 is 22.6 Å². The Bertz CT molecular complexity index is 1160. The van der Waals surface area contributed by atoms with E-state index in [9.17, 15) is 14.7 Å². The standard InChI is InChI=1S/C24H22IN3O4/c1-32-19-5-2-4-17(14-19)22(29)20-21(16-6-8-18(25)9-7-16)28(24(31)23(20)30)12-3-11-27-13-10-26-15-27/h2,4-10,13-15,21,29H,3,11-12H2,1H3/b22-20+. The van der Waals surface area contributed by atoms with Crippen LogP contribution < -0.4 is 4.74 Å². The third-order valence-electron chi connectivity index (χ3n) is 5.44. The largest absolute Gasteiger partial charge is 0.507 e. The van der Waals surface area contributed by atoms with Crippen molar-refractivity contribution in [2.45, 2.75) is 19.0 Å². The van der Waals surface area contributed by atoms with Crippen molar-refractivity contribution in [2.75, 3.05) is 13.7 Å². The lowest BCUT2D eigenvalue weighted by atomic mass is 9.95. The lowest BCUT2D eigenvalue weighted by Crippen LogP contribution is -2.31. The molecule has 1 atom stereocenters. The minimum atomic E-state index is -0.684. The predicted octanol–water partition coefficient (Wildman–Crippen LogP) is 4.01. The maximum absolute atomic E-state index is 13.1. The number of aryl methyl sites for hydroxylation is 1. The zero-order chi connectivity index (χ0) is 22.7. The van der Waals surface area contributed by atoms with Crippen LogP contribution in [-0.4, -0.2) is 44.9 Å². The minimum absolute atomic E-state index is 0.0899. The molecule has 2 heterocycles. The fourth-order valence-corrected chi connectivity index (χ4v) is 4.23. The summed E-state index contributed by atoms with van der Waals surface area (Å²) in [4.78, 5) is 31.7. The number of imidazole rings is 1. The number of aliphatic hydroxyl groups excluding tert-OH is 1. The van der Waals surface area contributed by atoms with Crippen LogP contribution in [0, 0.1) is 3.57 Å². The number of rotatable bonds is 7. The fraction of sp³-hybridized carbons (Fsp3) is 0.208. The summed E-state index contributed by atoms with van der Waals surface area (Å²) in [5.41, 5.74) is 1.29. The topological polar surface area (TPSA) is 84.7 Å². The molecule has 0 bridgehead atoms. The quantitative estimate of drug-likeness (QED) is 0.211. The maximum atomic E-state index is 13.1. The minimum Gasteiger partial charge on any atom is -0.507 e. The monoisotopic (exact) mass is 543 g/mol. The number of ether oxygens (including phenoxy) is 1. The summed E-state index contributed by atoms with van der Waals surface area (Å²) >= 11 is 2.21. The first-order valence-corrected chi connectivity index (χ1v) is 11.2. The van der Waals surface area contributed by atoms with Crippen LogP contribution in [0.15, 0.2) is 72.8 Å². The van der Waals surface area contributed by atoms with Crippen LogP contribution in [0.2, 0.25) is 0 Å². The number of ketones is 1. The molecule has 32 heavy (non-hydrogen) atoms. The van der Waals surface area contributed by atoms with Crippen molar-refractivity contribution in [3.63, 3.8) is 0 Å². The average molecular weight is 543 g/mol. The first-order valence-electron chi connectivity index (χ1n) is 10.1. The van der Waals surface area contributed by atoms with Crippen molar-refractivity contribution in [3.8, 4) is 5.75 Å². The molecule has 1 fully saturated rings. The second-order valence-corrected chi connectivity index (χ2v) is 8.68. The van der Waals surface area contributed by atoms with Gasteiger partial charge in [0.25, 0.3) is 11.7 Å². The Balaban J connectivity index is 1.73. The van der Waals surface area contributed by atoms with Crippen LogP contribution in [0.25, 0.3) is 5.76 Å². The average Bonchev–Trinajstić information content (AvgIpc) is 3.41. The highest BCUT2D eigenvalue weighted by Gasteiger charge is 2.45. The Kier molecular flexibility index (Phi) is 6.59. The summed E-state index contributed by atoms with van der Waals surface area (Å²) in [6, 6.07) is 13.8. The van der Waals surface area contributed by atoms with Crippen LogP contribution in [0.4, 0.5) is 0 Å². The van der Waals surface area contributed by atoms with Gasteiger partial charge in [0, 0.05) is 34.6 Å². The Morgan fingerprint density at radius 2 is 1.94 bits per heavy atom. The van der Waals surface area contributed by atoms with Gasteiger partial charge in [0.2, 0.25) is 0 Å². The summed E-state index contributed by atoms with van der Waals surface area (Å²) in [5.74, 6) is -0.947. The van der Waals surface area contributed by atoms with Crippen molar-refractivity contribution in [3.05, 3.63) is 87.5 Å². The summed E-state index contributed by atoms with van der Waals surface area (Å²) in [7, 11) is 1.53. The highest BCUT2D eigenvalue weighted by molar-refractivity contribution is 14.1. The molecule has 1 saturated heterocycles. The molecule has 0 saturated carbocycles. The zero-order valence-corrected chi connectivity index (χ0v) is 19.6. The first-order chi connectivity index (χ1) is 15.5. The second kappa shape index (κ2) is 9.56. The van der Waals surface area contributed by atoms with E-state index in [0.29, 0.717) is 30.8 Å². The highest BCUT2D eigenvalue weighted by Crippen LogP contribution is 2.40. The van der Waals surface area contributed by atoms with Crippen LogP contribution in [0.1, 0.15) is 23.6 Å². The third kappa shape index (κ3) is 4.40. The van der Waals surface area contributed by atoms with E-state index in [2.05, 4.69) is 27.6 Å². The number of aromatic nitrogens is 2. The molecule has 0 radical (unpaired) electrons. The molecule has 0 aliphatic carbocycles. The van der Waals surface area contributed by atoms with Gasteiger partial charge in [-0.25, -0.2) is 4.98 Å². The number of Topliss-reactive ketones (excluding diaryl/α,β-unsaturated/α-hetero) is 1. The Labute approximate surface area is 199 Å². The SMILES string of the molecule is COc1cccc(/C(O)=C2\C(=O)C(=O)N(CCCn3ccnc3)C2c2ccc(I)cc2)c1. The van der Waals surface area contributed by atoms with Gasteiger partial charge in [0.15, 0.2) is 0 Å². The number of nitrogens with zero attached hydrogens (tertiary/aromatic N) is 3. The van der Waals surface area contributed by atoms with Gasteiger partial charge in [-0.3, -0.25) is 9.59 Å². The van der Waals surface area contributed by atoms with Gasteiger partial charge >= 0.3 is 0 Å². The van der Waals surface area contributed by atoms with Crippen LogP contribution in [0.3, 0.4) is 0 Å². The molecule has 0 spiro atoms. The molecule has 1 aromatic heterocycles. The molecular formula is C24H22IN3O4. The first kappa shape index (κ1) is 22.1. The number of hydrogen-bond acceptors (Lipinski definition) is 5. The van der Waals surface area contributed by atoms with Crippen molar-refractivity contribution in [1.29, 1.82) is 0 Å². The number of hydrogen-bond donors (Lipinski definition) is 1. The molecule has 1 N–H and O–H groups in total. The van der Waals surface area contributed by atoms with E-state index in [1.165, 1.54) is 7.11 Å². The van der Waals surface area contributed by atoms with E-state index in [1.807, 2.05) is 35.0 Å². The summed E-state index contributed by atoms with van der Waals surface area (Å²) in [5, 5.41) is 11.1. The molecule has 1 aliphatic rings. The molecule has 4 rings (SSSR count). The van der Waals surface area contributed by atoms with E-state index in [-0.39, 0.29) is 11.3 Å². The van der Waals surface area contributed by atoms with Crippen molar-refractivity contribution in [1.82, 2.24) is 14.5 Å². The highest BCUT2D eigenvalue weighted by atomic mass is 127. The molecular weight excluding hydrogens is 521 g/mol.